The molecule has 1 saturated heterocycles. The summed E-state index contributed by atoms with van der Waals surface area (Å²) < 4.78 is 13.0. The van der Waals surface area contributed by atoms with Crippen LogP contribution in [-0.4, -0.2) is 26.0 Å². The molecule has 0 radical (unpaired) electrons. The van der Waals surface area contributed by atoms with E-state index in [-0.39, 0.29) is 23.8 Å². The minimum Gasteiger partial charge on any atom is -0.378 e. The van der Waals surface area contributed by atoms with Crippen molar-refractivity contribution in [1.82, 2.24) is 10.9 Å². The Morgan fingerprint density at radius 1 is 1.08 bits per heavy atom. The Labute approximate surface area is 140 Å². The Balaban J connectivity index is 1.59. The third kappa shape index (κ3) is 3.72. The molecule has 6 heteroatoms. The van der Waals surface area contributed by atoms with E-state index in [1.165, 1.54) is 12.1 Å². The Morgan fingerprint density at radius 3 is 2.38 bits per heavy atom. The van der Waals surface area contributed by atoms with Gasteiger partial charge in [-0.15, -0.1) is 0 Å². The van der Waals surface area contributed by atoms with Crippen molar-refractivity contribution in [1.29, 1.82) is 0 Å². The molecule has 5 nitrogen and oxygen atoms in total. The fourth-order valence-corrected chi connectivity index (χ4v) is 2.71. The average molecular weight is 328 g/mol. The molecule has 24 heavy (non-hydrogen) atoms. The van der Waals surface area contributed by atoms with Gasteiger partial charge in [-0.25, -0.2) is 15.2 Å². The van der Waals surface area contributed by atoms with Gasteiger partial charge in [0.1, 0.15) is 11.9 Å². The van der Waals surface area contributed by atoms with Crippen LogP contribution in [-0.2, 0) is 4.79 Å². The maximum Gasteiger partial charge on any atom is 0.242 e. The lowest BCUT2D eigenvalue weighted by molar-refractivity contribution is -0.117. The maximum absolute atomic E-state index is 13.0. The number of anilines is 2. The van der Waals surface area contributed by atoms with Crippen LogP contribution in [0.15, 0.2) is 48.5 Å². The van der Waals surface area contributed by atoms with Crippen LogP contribution in [0.1, 0.15) is 18.0 Å². The number of nitrogens with zero attached hydrogens (tertiary/aromatic N) is 1. The molecule has 2 unspecified atom stereocenters. The molecule has 2 aromatic rings. The first-order chi connectivity index (χ1) is 11.5. The third-order valence-corrected chi connectivity index (χ3v) is 4.14. The molecule has 2 aromatic carbocycles. The normalized spacial score (nSPS) is 20.0. The Bertz CT molecular complexity index is 700. The van der Waals surface area contributed by atoms with Crippen molar-refractivity contribution in [3.63, 3.8) is 0 Å². The van der Waals surface area contributed by atoms with Crippen LogP contribution < -0.4 is 21.1 Å². The predicted octanol–water partition coefficient (Wildman–Crippen LogP) is 2.44. The van der Waals surface area contributed by atoms with Gasteiger partial charge in [-0.1, -0.05) is 12.1 Å². The number of amides is 1. The predicted molar refractivity (Wildman–Crippen MR) is 93.2 cm³/mol. The van der Waals surface area contributed by atoms with Gasteiger partial charge in [0.25, 0.3) is 0 Å². The van der Waals surface area contributed by atoms with Crippen LogP contribution in [0.5, 0.6) is 0 Å². The highest BCUT2D eigenvalue weighted by Crippen LogP contribution is 2.23. The number of hydrogen-bond acceptors (Lipinski definition) is 4. The number of benzene rings is 2. The van der Waals surface area contributed by atoms with Gasteiger partial charge < -0.3 is 10.2 Å². The lowest BCUT2D eigenvalue weighted by atomic mass is 10.0. The second kappa shape index (κ2) is 6.98. The van der Waals surface area contributed by atoms with E-state index in [0.717, 1.165) is 16.9 Å². The van der Waals surface area contributed by atoms with Gasteiger partial charge in [-0.3, -0.25) is 4.79 Å². The van der Waals surface area contributed by atoms with E-state index >= 15 is 0 Å². The molecule has 0 spiro atoms. The van der Waals surface area contributed by atoms with E-state index < -0.39 is 0 Å². The van der Waals surface area contributed by atoms with Crippen molar-refractivity contribution >= 4 is 17.3 Å². The Morgan fingerprint density at radius 2 is 1.75 bits per heavy atom. The lowest BCUT2D eigenvalue weighted by Gasteiger charge is -2.14. The molecule has 0 saturated carbocycles. The molecule has 0 aliphatic carbocycles. The van der Waals surface area contributed by atoms with Crippen molar-refractivity contribution in [2.24, 2.45) is 0 Å². The van der Waals surface area contributed by atoms with Crippen LogP contribution in [0.4, 0.5) is 15.8 Å². The summed E-state index contributed by atoms with van der Waals surface area (Å²) in [6.45, 7) is 0. The van der Waals surface area contributed by atoms with Gasteiger partial charge in [0.05, 0.1) is 0 Å². The highest BCUT2D eigenvalue weighted by molar-refractivity contribution is 5.95. The maximum atomic E-state index is 13.0. The molecule has 126 valence electrons. The number of halogens is 1. The number of carbonyl (C=O) groups is 1. The van der Waals surface area contributed by atoms with E-state index in [2.05, 4.69) is 16.2 Å². The molecular weight excluding hydrogens is 307 g/mol. The smallest absolute Gasteiger partial charge is 0.242 e. The van der Waals surface area contributed by atoms with E-state index in [1.54, 1.807) is 12.1 Å². The average Bonchev–Trinajstić information content (AvgIpc) is 3.06. The zero-order chi connectivity index (χ0) is 17.1. The molecule has 1 aliphatic rings. The van der Waals surface area contributed by atoms with Crippen molar-refractivity contribution in [3.05, 3.63) is 59.9 Å². The van der Waals surface area contributed by atoms with E-state index in [4.69, 9.17) is 0 Å². The summed E-state index contributed by atoms with van der Waals surface area (Å²) in [5.74, 6) is -0.357. The zero-order valence-electron chi connectivity index (χ0n) is 13.7. The number of hydrogen-bond donors (Lipinski definition) is 3. The van der Waals surface area contributed by atoms with Gasteiger partial charge in [-0.05, 0) is 48.4 Å². The van der Waals surface area contributed by atoms with Gasteiger partial charge in [0.2, 0.25) is 5.91 Å². The molecule has 0 aromatic heterocycles. The van der Waals surface area contributed by atoms with Crippen molar-refractivity contribution in [3.8, 4) is 0 Å². The van der Waals surface area contributed by atoms with E-state index in [1.807, 2.05) is 43.3 Å². The van der Waals surface area contributed by atoms with Gasteiger partial charge in [0, 0.05) is 31.5 Å². The second-order valence-corrected chi connectivity index (χ2v) is 6.11. The number of nitrogens with one attached hydrogen (secondary N) is 3. The quantitative estimate of drug-likeness (QED) is 0.807. The summed E-state index contributed by atoms with van der Waals surface area (Å²) in [6, 6.07) is 13.6. The summed E-state index contributed by atoms with van der Waals surface area (Å²) >= 11 is 0. The van der Waals surface area contributed by atoms with Crippen LogP contribution in [0, 0.1) is 5.82 Å². The molecule has 1 aliphatic heterocycles. The summed E-state index contributed by atoms with van der Waals surface area (Å²) in [6.07, 6.45) is 0.604. The van der Waals surface area contributed by atoms with Crippen LogP contribution in [0.3, 0.4) is 0 Å². The number of rotatable bonds is 4. The first-order valence-electron chi connectivity index (χ1n) is 7.88. The van der Waals surface area contributed by atoms with Crippen LogP contribution in [0.25, 0.3) is 0 Å². The molecule has 1 amide bonds. The second-order valence-electron chi connectivity index (χ2n) is 6.11. The molecular formula is C18H21FN4O. The minimum atomic E-state index is -0.339. The van der Waals surface area contributed by atoms with Crippen LogP contribution in [0.2, 0.25) is 0 Å². The third-order valence-electron chi connectivity index (χ3n) is 4.14. The fraction of sp³-hybridized carbons (Fsp3) is 0.278. The van der Waals surface area contributed by atoms with E-state index in [9.17, 15) is 9.18 Å². The van der Waals surface area contributed by atoms with Crippen LogP contribution >= 0.6 is 0 Å². The summed E-state index contributed by atoms with van der Waals surface area (Å²) in [4.78, 5) is 14.4. The Kier molecular flexibility index (Phi) is 4.78. The fourth-order valence-electron chi connectivity index (χ4n) is 2.71. The van der Waals surface area contributed by atoms with Gasteiger partial charge in [0.15, 0.2) is 0 Å². The Hall–Kier alpha value is -2.44. The number of carbonyl (C=O) groups excluding carboxylic acids is 1. The first-order valence-corrected chi connectivity index (χ1v) is 7.88. The van der Waals surface area contributed by atoms with Crippen molar-refractivity contribution < 1.29 is 9.18 Å². The SMILES string of the molecule is CN(C)c1ccc(NC(=O)C2CC(c3ccc(F)cc3)NN2)cc1. The molecule has 0 bridgehead atoms. The standard InChI is InChI=1S/C18H21FN4O/c1-23(2)15-9-7-14(8-10-15)20-18(24)17-11-16(21-22-17)12-3-5-13(19)6-4-12/h3-10,16-17,21-22H,11H2,1-2H3,(H,20,24). The highest BCUT2D eigenvalue weighted by Gasteiger charge is 2.30. The molecule has 3 N–H and O–H groups in total. The molecule has 3 rings (SSSR count). The first kappa shape index (κ1) is 16.4. The minimum absolute atomic E-state index is 0.0162. The van der Waals surface area contributed by atoms with Crippen molar-refractivity contribution in [2.75, 3.05) is 24.3 Å². The molecule has 2 atom stereocenters. The lowest BCUT2D eigenvalue weighted by Crippen LogP contribution is -2.39. The largest absolute Gasteiger partial charge is 0.378 e. The van der Waals surface area contributed by atoms with Gasteiger partial charge in [-0.2, -0.15) is 0 Å². The van der Waals surface area contributed by atoms with E-state index in [0.29, 0.717) is 6.42 Å². The van der Waals surface area contributed by atoms with Gasteiger partial charge >= 0.3 is 0 Å². The highest BCUT2D eigenvalue weighted by atomic mass is 19.1. The van der Waals surface area contributed by atoms with Crippen molar-refractivity contribution in [2.45, 2.75) is 18.5 Å². The summed E-state index contributed by atoms with van der Waals surface area (Å²) in [7, 11) is 3.94. The molecule has 1 heterocycles. The summed E-state index contributed by atoms with van der Waals surface area (Å²) in [5.41, 5.74) is 8.89. The zero-order valence-corrected chi connectivity index (χ0v) is 13.7. The monoisotopic (exact) mass is 328 g/mol. The topological polar surface area (TPSA) is 56.4 Å². The number of hydrazine groups is 1. The molecule has 1 fully saturated rings. The summed E-state index contributed by atoms with van der Waals surface area (Å²) in [5, 5.41) is 2.91.